The monoisotopic (exact) mass is 358 g/mol. The van der Waals surface area contributed by atoms with Gasteiger partial charge in [0.25, 0.3) is 0 Å². The number of carbonyl (C=O) groups is 2. The topological polar surface area (TPSA) is 114 Å². The van der Waals surface area contributed by atoms with Gasteiger partial charge in [0.15, 0.2) is 0 Å². The molecular formula is C17H22N6O3. The van der Waals surface area contributed by atoms with Crippen LogP contribution in [0, 0.1) is 11.8 Å². The summed E-state index contributed by atoms with van der Waals surface area (Å²) in [5.41, 5.74) is 0.836. The third kappa shape index (κ3) is 2.93. The van der Waals surface area contributed by atoms with Crippen LogP contribution in [0.2, 0.25) is 0 Å². The zero-order chi connectivity index (χ0) is 18.3. The summed E-state index contributed by atoms with van der Waals surface area (Å²) in [5, 5.41) is 11.8. The van der Waals surface area contributed by atoms with E-state index in [0.717, 1.165) is 29.7 Å². The van der Waals surface area contributed by atoms with E-state index in [0.29, 0.717) is 31.0 Å². The van der Waals surface area contributed by atoms with Crippen molar-refractivity contribution in [2.75, 3.05) is 31.6 Å². The molecule has 1 saturated carbocycles. The molecule has 3 heterocycles. The largest absolute Gasteiger partial charge is 0.465 e. The molecule has 0 spiro atoms. The number of hydrogen-bond donors (Lipinski definition) is 3. The number of rotatable bonds is 4. The van der Waals surface area contributed by atoms with Gasteiger partial charge in [0.1, 0.15) is 24.3 Å². The van der Waals surface area contributed by atoms with Gasteiger partial charge in [-0.2, -0.15) is 0 Å². The lowest BCUT2D eigenvalue weighted by Crippen LogP contribution is -2.40. The summed E-state index contributed by atoms with van der Waals surface area (Å²) in [6, 6.07) is 2.37. The molecule has 138 valence electrons. The van der Waals surface area contributed by atoms with Crippen molar-refractivity contribution in [1.29, 1.82) is 0 Å². The van der Waals surface area contributed by atoms with Crippen LogP contribution in [0.5, 0.6) is 0 Å². The number of aromatic nitrogens is 3. The van der Waals surface area contributed by atoms with Gasteiger partial charge in [0, 0.05) is 32.4 Å². The van der Waals surface area contributed by atoms with Crippen LogP contribution in [0.4, 0.5) is 10.6 Å². The van der Waals surface area contributed by atoms with Gasteiger partial charge in [-0.25, -0.2) is 14.8 Å². The van der Waals surface area contributed by atoms with Crippen molar-refractivity contribution in [3.05, 3.63) is 18.6 Å². The van der Waals surface area contributed by atoms with Crippen molar-refractivity contribution in [2.24, 2.45) is 11.8 Å². The standard InChI is InChI=1S/C17H22N6O3/c1-22(16-13-2-3-18-15(13)20-9-21-16)12-4-10-7-23(8-11(10)5-12)14(24)6-19-17(25)26/h2-3,9-12,19H,4-8H2,1H3,(H,25,26)(H,18,20,21)/t10-,11+,12-. The summed E-state index contributed by atoms with van der Waals surface area (Å²) in [7, 11) is 2.07. The molecule has 3 N–H and O–H groups in total. The maximum absolute atomic E-state index is 12.1. The molecule has 1 aliphatic carbocycles. The molecule has 4 rings (SSSR count). The molecule has 26 heavy (non-hydrogen) atoms. The second kappa shape index (κ2) is 6.47. The number of fused-ring (bicyclic) bond motifs is 2. The Hall–Kier alpha value is -2.84. The Kier molecular flexibility index (Phi) is 4.14. The SMILES string of the molecule is CN(c1ncnc2[nH]ccc12)[C@@H]1C[C@@H]2CN(C(=O)CNC(=O)O)C[C@@H]2C1. The second-order valence-corrected chi connectivity index (χ2v) is 7.15. The summed E-state index contributed by atoms with van der Waals surface area (Å²) in [4.78, 5) is 38.5. The van der Waals surface area contributed by atoms with E-state index in [1.807, 2.05) is 12.3 Å². The number of anilines is 1. The van der Waals surface area contributed by atoms with Crippen LogP contribution in [0.15, 0.2) is 18.6 Å². The second-order valence-electron chi connectivity index (χ2n) is 7.15. The first-order chi connectivity index (χ1) is 12.5. The predicted molar refractivity (Wildman–Crippen MR) is 94.9 cm³/mol. The number of aromatic amines is 1. The first-order valence-corrected chi connectivity index (χ1v) is 8.78. The number of hydrogen-bond acceptors (Lipinski definition) is 5. The third-order valence-electron chi connectivity index (χ3n) is 5.68. The quantitative estimate of drug-likeness (QED) is 0.748. The molecule has 0 bridgehead atoms. The first kappa shape index (κ1) is 16.6. The van der Waals surface area contributed by atoms with Crippen LogP contribution in [0.1, 0.15) is 12.8 Å². The van der Waals surface area contributed by atoms with E-state index in [1.165, 1.54) is 0 Å². The van der Waals surface area contributed by atoms with Crippen LogP contribution in [-0.4, -0.2) is 69.7 Å². The van der Waals surface area contributed by atoms with Crippen molar-refractivity contribution in [3.8, 4) is 0 Å². The third-order valence-corrected chi connectivity index (χ3v) is 5.68. The number of nitrogens with one attached hydrogen (secondary N) is 2. The lowest BCUT2D eigenvalue weighted by atomic mass is 10.0. The van der Waals surface area contributed by atoms with Crippen LogP contribution in [0.25, 0.3) is 11.0 Å². The van der Waals surface area contributed by atoms with Crippen LogP contribution >= 0.6 is 0 Å². The van der Waals surface area contributed by atoms with Gasteiger partial charge < -0.3 is 25.2 Å². The fourth-order valence-corrected chi connectivity index (χ4v) is 4.36. The van der Waals surface area contributed by atoms with E-state index < -0.39 is 6.09 Å². The predicted octanol–water partition coefficient (Wildman–Crippen LogP) is 0.899. The highest BCUT2D eigenvalue weighted by atomic mass is 16.4. The van der Waals surface area contributed by atoms with E-state index in [-0.39, 0.29) is 12.5 Å². The molecule has 2 aliphatic rings. The number of nitrogens with zero attached hydrogens (tertiary/aromatic N) is 4. The van der Waals surface area contributed by atoms with Crippen molar-refractivity contribution in [3.63, 3.8) is 0 Å². The van der Waals surface area contributed by atoms with Gasteiger partial charge in [0.05, 0.1) is 5.39 Å². The number of H-pyrrole nitrogens is 1. The van der Waals surface area contributed by atoms with Gasteiger partial charge in [-0.3, -0.25) is 4.79 Å². The lowest BCUT2D eigenvalue weighted by Gasteiger charge is -2.28. The maximum Gasteiger partial charge on any atom is 0.405 e. The van der Waals surface area contributed by atoms with Gasteiger partial charge in [0.2, 0.25) is 5.91 Å². The molecule has 2 amide bonds. The van der Waals surface area contributed by atoms with Crippen molar-refractivity contribution in [1.82, 2.24) is 25.2 Å². The lowest BCUT2D eigenvalue weighted by molar-refractivity contribution is -0.129. The Morgan fingerprint density at radius 3 is 2.77 bits per heavy atom. The number of carboxylic acid groups (broad SMARTS) is 1. The van der Waals surface area contributed by atoms with E-state index in [2.05, 4.69) is 32.2 Å². The van der Waals surface area contributed by atoms with Gasteiger partial charge >= 0.3 is 6.09 Å². The summed E-state index contributed by atoms with van der Waals surface area (Å²) >= 11 is 0. The van der Waals surface area contributed by atoms with Crippen molar-refractivity contribution >= 4 is 28.9 Å². The summed E-state index contributed by atoms with van der Waals surface area (Å²) < 4.78 is 0. The highest BCUT2D eigenvalue weighted by Gasteiger charge is 2.43. The molecule has 1 saturated heterocycles. The molecule has 2 aromatic rings. The van der Waals surface area contributed by atoms with Gasteiger partial charge in [-0.15, -0.1) is 0 Å². The van der Waals surface area contributed by atoms with Crippen LogP contribution in [0.3, 0.4) is 0 Å². The minimum Gasteiger partial charge on any atom is -0.465 e. The molecule has 0 unspecified atom stereocenters. The smallest absolute Gasteiger partial charge is 0.405 e. The van der Waals surface area contributed by atoms with E-state index in [1.54, 1.807) is 11.2 Å². The van der Waals surface area contributed by atoms with Crippen LogP contribution in [-0.2, 0) is 4.79 Å². The number of carbonyl (C=O) groups excluding carboxylic acids is 1. The minimum absolute atomic E-state index is 0.142. The van der Waals surface area contributed by atoms with Crippen molar-refractivity contribution in [2.45, 2.75) is 18.9 Å². The Morgan fingerprint density at radius 1 is 1.35 bits per heavy atom. The number of likely N-dealkylation sites (tertiary alicyclic amines) is 1. The average molecular weight is 358 g/mol. The average Bonchev–Trinajstić information content (AvgIpc) is 3.32. The summed E-state index contributed by atoms with van der Waals surface area (Å²) in [6.45, 7) is 1.27. The van der Waals surface area contributed by atoms with E-state index in [4.69, 9.17) is 5.11 Å². The molecule has 9 nitrogen and oxygen atoms in total. The Morgan fingerprint density at radius 2 is 2.08 bits per heavy atom. The maximum atomic E-state index is 12.1. The zero-order valence-corrected chi connectivity index (χ0v) is 14.6. The Labute approximate surface area is 150 Å². The highest BCUT2D eigenvalue weighted by molar-refractivity contribution is 5.87. The molecule has 9 heteroatoms. The van der Waals surface area contributed by atoms with Gasteiger partial charge in [-0.1, -0.05) is 0 Å². The fourth-order valence-electron chi connectivity index (χ4n) is 4.36. The zero-order valence-electron chi connectivity index (χ0n) is 14.6. The normalized spacial score (nSPS) is 24.7. The Bertz CT molecular complexity index is 823. The Balaban J connectivity index is 1.39. The first-order valence-electron chi connectivity index (χ1n) is 8.78. The highest BCUT2D eigenvalue weighted by Crippen LogP contribution is 2.41. The van der Waals surface area contributed by atoms with Gasteiger partial charge in [-0.05, 0) is 30.7 Å². The molecule has 2 aromatic heterocycles. The molecule has 3 atom stereocenters. The van der Waals surface area contributed by atoms with Crippen molar-refractivity contribution < 1.29 is 14.7 Å². The molecule has 1 aliphatic heterocycles. The number of amides is 2. The van der Waals surface area contributed by atoms with Crippen LogP contribution < -0.4 is 10.2 Å². The summed E-state index contributed by atoms with van der Waals surface area (Å²) in [6.07, 6.45) is 4.30. The van der Waals surface area contributed by atoms with E-state index >= 15 is 0 Å². The molecular weight excluding hydrogens is 336 g/mol. The minimum atomic E-state index is -1.17. The van der Waals surface area contributed by atoms with E-state index in [9.17, 15) is 9.59 Å². The molecule has 0 radical (unpaired) electrons. The molecule has 2 fully saturated rings. The summed E-state index contributed by atoms with van der Waals surface area (Å²) in [5.74, 6) is 1.70. The fraction of sp³-hybridized carbons (Fsp3) is 0.529. The molecule has 0 aromatic carbocycles.